The van der Waals surface area contributed by atoms with Crippen LogP contribution in [0.3, 0.4) is 0 Å². The number of hydrogen-bond acceptors (Lipinski definition) is 7. The lowest BCUT2D eigenvalue weighted by atomic mass is 9.84. The molecule has 0 spiro atoms. The van der Waals surface area contributed by atoms with Crippen LogP contribution in [0, 0.1) is 6.92 Å². The zero-order valence-corrected chi connectivity index (χ0v) is 20.5. The van der Waals surface area contributed by atoms with Gasteiger partial charge in [0, 0.05) is 12.3 Å². The highest BCUT2D eigenvalue weighted by Crippen LogP contribution is 2.34. The number of pyridine rings is 2. The Morgan fingerprint density at radius 2 is 1.85 bits per heavy atom. The zero-order valence-electron chi connectivity index (χ0n) is 20.5. The summed E-state index contributed by atoms with van der Waals surface area (Å²) in [4.78, 5) is 43.9. The molecule has 3 rings (SSSR count). The lowest BCUT2D eigenvalue weighted by Crippen LogP contribution is -2.33. The van der Waals surface area contributed by atoms with Gasteiger partial charge in [0.15, 0.2) is 0 Å². The summed E-state index contributed by atoms with van der Waals surface area (Å²) in [5.41, 5.74) is 0.524. The van der Waals surface area contributed by atoms with Crippen LogP contribution in [-0.2, 0) is 31.3 Å². The minimum Gasteiger partial charge on any atom is -0.469 e. The van der Waals surface area contributed by atoms with Crippen LogP contribution in [0.5, 0.6) is 0 Å². The molecule has 2 N–H and O–H groups in total. The lowest BCUT2D eigenvalue weighted by Gasteiger charge is -2.28. The number of esters is 2. The van der Waals surface area contributed by atoms with Crippen LogP contribution in [-0.4, -0.2) is 34.1 Å². The van der Waals surface area contributed by atoms with Crippen molar-refractivity contribution in [3.63, 3.8) is 0 Å². The average Bonchev–Trinajstić information content (AvgIpc) is 2.83. The molecule has 0 aliphatic carbocycles. The molecule has 2 heterocycles. The molecule has 0 saturated heterocycles. The predicted octanol–water partition coefficient (Wildman–Crippen LogP) is 4.15. The van der Waals surface area contributed by atoms with Crippen molar-refractivity contribution in [1.82, 2.24) is 9.97 Å². The first-order chi connectivity index (χ1) is 16.2. The van der Waals surface area contributed by atoms with Crippen LogP contribution in [0.15, 0.2) is 41.2 Å². The number of carbonyl (C=O) groups excluding carboxylic acids is 2. The van der Waals surface area contributed by atoms with Crippen molar-refractivity contribution in [2.45, 2.75) is 59.7 Å². The van der Waals surface area contributed by atoms with Gasteiger partial charge in [-0.1, -0.05) is 39.0 Å². The van der Waals surface area contributed by atoms with Gasteiger partial charge in [-0.25, -0.2) is 4.98 Å². The molecule has 8 heteroatoms. The minimum absolute atomic E-state index is 0.0654. The second kappa shape index (κ2) is 11.6. The van der Waals surface area contributed by atoms with Crippen LogP contribution < -0.4 is 5.56 Å². The number of ether oxygens (including phenoxy) is 2. The Hall–Kier alpha value is -3.52. The Labute approximate surface area is 199 Å². The van der Waals surface area contributed by atoms with E-state index in [1.54, 1.807) is 13.0 Å². The highest BCUT2D eigenvalue weighted by atomic mass is 16.5. The largest absolute Gasteiger partial charge is 0.469 e. The number of nitrogens with zero attached hydrogens (tertiary/aromatic N) is 1. The van der Waals surface area contributed by atoms with E-state index in [9.17, 15) is 19.5 Å². The third-order valence-corrected chi connectivity index (χ3v) is 5.48. The summed E-state index contributed by atoms with van der Waals surface area (Å²) in [5, 5.41) is 12.3. The van der Waals surface area contributed by atoms with E-state index in [0.717, 1.165) is 16.5 Å². The number of methoxy groups -OCH3 is 1. The van der Waals surface area contributed by atoms with Crippen molar-refractivity contribution in [2.24, 2.45) is 0 Å². The number of hydrogen-bond donors (Lipinski definition) is 2. The van der Waals surface area contributed by atoms with Gasteiger partial charge in [0.25, 0.3) is 5.56 Å². The molecular weight excluding hydrogens is 436 g/mol. The topological polar surface area (TPSA) is 119 Å². The van der Waals surface area contributed by atoms with E-state index in [1.165, 1.54) is 14.0 Å². The summed E-state index contributed by atoms with van der Waals surface area (Å²) in [6.07, 6.45) is -0.234. The Morgan fingerprint density at radius 3 is 2.47 bits per heavy atom. The van der Waals surface area contributed by atoms with E-state index in [2.05, 4.69) is 9.97 Å². The summed E-state index contributed by atoms with van der Waals surface area (Å²) in [5.74, 6) is -1.20. The fraction of sp³-hybridized carbons (Fsp3) is 0.385. The average molecular weight is 469 g/mol. The number of rotatable bonds is 7. The number of aryl methyl sites for hydroxylation is 1. The number of aliphatic hydroxyl groups is 1. The maximum absolute atomic E-state index is 13.0. The number of aromatic amines is 1. The number of H-pyrrole nitrogens is 1. The first kappa shape index (κ1) is 26.7. The molecule has 1 atom stereocenters. The highest BCUT2D eigenvalue weighted by molar-refractivity contribution is 5.82. The Balaban J connectivity index is 0.00000199. The van der Waals surface area contributed by atoms with Gasteiger partial charge < -0.3 is 19.6 Å². The SMILES string of the molecule is CC.CC[C@@](O)(CC(=O)OC)c1cc(-c2nc3ccccc3cc2C)[nH]c(=O)c1COC(C)=O. The number of aromatic nitrogens is 2. The molecule has 0 amide bonds. The predicted molar refractivity (Wildman–Crippen MR) is 130 cm³/mol. The van der Waals surface area contributed by atoms with E-state index in [0.29, 0.717) is 11.4 Å². The molecule has 3 aromatic rings. The summed E-state index contributed by atoms with van der Waals surface area (Å²) in [6, 6.07) is 11.2. The van der Waals surface area contributed by atoms with Crippen molar-refractivity contribution < 1.29 is 24.2 Å². The summed E-state index contributed by atoms with van der Waals surface area (Å²) in [7, 11) is 1.23. The normalized spacial score (nSPS) is 12.3. The lowest BCUT2D eigenvalue weighted by molar-refractivity contribution is -0.147. The van der Waals surface area contributed by atoms with E-state index in [-0.39, 0.29) is 30.6 Å². The molecule has 182 valence electrons. The van der Waals surface area contributed by atoms with Crippen LogP contribution in [0.1, 0.15) is 57.2 Å². The standard InChI is InChI=1S/C24H26N2O6.C2H6/c1-5-24(30,12-21(28)31-4)18-11-20(26-23(29)17(18)13-32-15(3)27)22-14(2)10-16-8-6-7-9-19(16)25-22;1-2/h6-11,30H,5,12-13H2,1-4H3,(H,26,29);1-2H3/t24-;/m1./s1. The number of para-hydroxylation sites is 1. The molecule has 0 aliphatic rings. The van der Waals surface area contributed by atoms with Crippen molar-refractivity contribution >= 4 is 22.8 Å². The first-order valence-electron chi connectivity index (χ1n) is 11.2. The van der Waals surface area contributed by atoms with Gasteiger partial charge in [-0.05, 0) is 42.7 Å². The van der Waals surface area contributed by atoms with E-state index in [4.69, 9.17) is 9.47 Å². The van der Waals surface area contributed by atoms with Crippen molar-refractivity contribution in [2.75, 3.05) is 7.11 Å². The van der Waals surface area contributed by atoms with Gasteiger partial charge in [0.1, 0.15) is 12.2 Å². The smallest absolute Gasteiger partial charge is 0.308 e. The first-order valence-corrected chi connectivity index (χ1v) is 11.2. The van der Waals surface area contributed by atoms with Gasteiger partial charge >= 0.3 is 11.9 Å². The molecule has 0 unspecified atom stereocenters. The molecule has 0 saturated carbocycles. The molecular formula is C26H32N2O6. The Bertz CT molecular complexity index is 1230. The number of fused-ring (bicyclic) bond motifs is 1. The molecule has 0 fully saturated rings. The van der Waals surface area contributed by atoms with E-state index < -0.39 is 23.1 Å². The van der Waals surface area contributed by atoms with Gasteiger partial charge in [0.2, 0.25) is 0 Å². The Kier molecular flexibility index (Phi) is 9.09. The molecule has 0 aliphatic heterocycles. The maximum Gasteiger partial charge on any atom is 0.308 e. The monoisotopic (exact) mass is 468 g/mol. The van der Waals surface area contributed by atoms with Crippen molar-refractivity contribution in [3.8, 4) is 11.4 Å². The second-order valence-corrected chi connectivity index (χ2v) is 7.67. The summed E-state index contributed by atoms with van der Waals surface area (Å²) in [6.45, 7) is 8.46. The summed E-state index contributed by atoms with van der Waals surface area (Å²) >= 11 is 0. The van der Waals surface area contributed by atoms with E-state index in [1.807, 2.05) is 51.1 Å². The van der Waals surface area contributed by atoms with E-state index >= 15 is 0 Å². The molecule has 1 aromatic carbocycles. The van der Waals surface area contributed by atoms with Gasteiger partial charge in [0.05, 0.1) is 36.0 Å². The molecule has 0 radical (unpaired) electrons. The third kappa shape index (κ3) is 5.88. The van der Waals surface area contributed by atoms with Crippen molar-refractivity contribution in [1.29, 1.82) is 0 Å². The highest BCUT2D eigenvalue weighted by Gasteiger charge is 2.35. The molecule has 34 heavy (non-hydrogen) atoms. The fourth-order valence-electron chi connectivity index (χ4n) is 3.66. The number of benzene rings is 1. The Morgan fingerprint density at radius 1 is 1.18 bits per heavy atom. The second-order valence-electron chi connectivity index (χ2n) is 7.67. The minimum atomic E-state index is -1.70. The third-order valence-electron chi connectivity index (χ3n) is 5.48. The van der Waals surface area contributed by atoms with Gasteiger partial charge in [-0.2, -0.15) is 0 Å². The summed E-state index contributed by atoms with van der Waals surface area (Å²) < 4.78 is 9.78. The van der Waals surface area contributed by atoms with Crippen molar-refractivity contribution in [3.05, 3.63) is 63.4 Å². The van der Waals surface area contributed by atoms with Gasteiger partial charge in [-0.15, -0.1) is 0 Å². The van der Waals surface area contributed by atoms with Crippen LogP contribution in [0.2, 0.25) is 0 Å². The number of carbonyl (C=O) groups is 2. The van der Waals surface area contributed by atoms with Gasteiger partial charge in [-0.3, -0.25) is 14.4 Å². The van der Waals surface area contributed by atoms with Crippen LogP contribution in [0.4, 0.5) is 0 Å². The maximum atomic E-state index is 13.0. The fourth-order valence-corrected chi connectivity index (χ4v) is 3.66. The quantitative estimate of drug-likeness (QED) is 0.500. The molecule has 2 aromatic heterocycles. The number of nitrogens with one attached hydrogen (secondary N) is 1. The van der Waals surface area contributed by atoms with Crippen LogP contribution in [0.25, 0.3) is 22.3 Å². The molecule has 0 bridgehead atoms. The zero-order chi connectivity index (χ0) is 25.5. The molecule has 8 nitrogen and oxygen atoms in total. The van der Waals surface area contributed by atoms with Crippen LogP contribution >= 0.6 is 0 Å².